The highest BCUT2D eigenvalue weighted by Crippen LogP contribution is 2.44. The van der Waals surface area contributed by atoms with E-state index in [1.54, 1.807) is 15.9 Å². The fraction of sp³-hybridized carbons (Fsp3) is 0.400. The molecular formula is C25H27ClN4O3. The van der Waals surface area contributed by atoms with Crippen LogP contribution < -0.4 is 9.80 Å². The molecule has 0 spiro atoms. The Morgan fingerprint density at radius 1 is 1.03 bits per heavy atom. The van der Waals surface area contributed by atoms with Crippen molar-refractivity contribution in [3.05, 3.63) is 59.1 Å². The Balaban J connectivity index is 1.25. The van der Waals surface area contributed by atoms with Crippen LogP contribution in [0.5, 0.6) is 0 Å². The Morgan fingerprint density at radius 3 is 2.55 bits per heavy atom. The number of carbonyl (C=O) groups excluding carboxylic acids is 3. The van der Waals surface area contributed by atoms with Crippen LogP contribution in [0.25, 0.3) is 0 Å². The summed E-state index contributed by atoms with van der Waals surface area (Å²) < 4.78 is 0. The largest absolute Gasteiger partial charge is 0.368 e. The number of rotatable bonds is 4. The normalized spacial score (nSPS) is 22.5. The van der Waals surface area contributed by atoms with Crippen LogP contribution in [0.3, 0.4) is 0 Å². The molecule has 8 heteroatoms. The van der Waals surface area contributed by atoms with Gasteiger partial charge in [-0.25, -0.2) is 0 Å². The summed E-state index contributed by atoms with van der Waals surface area (Å²) in [5.41, 5.74) is 1.53. The third kappa shape index (κ3) is 3.74. The number of nitrogens with zero attached hydrogens (tertiary/aromatic N) is 4. The Bertz CT molecular complexity index is 1110. The van der Waals surface area contributed by atoms with Gasteiger partial charge in [-0.2, -0.15) is 0 Å². The van der Waals surface area contributed by atoms with E-state index < -0.39 is 5.66 Å². The molecule has 3 aliphatic rings. The standard InChI is InChI=1S/C25H27ClN4O3/c1-25-11-9-23(32)30(25)21-8-3-2-7-20(21)24(33)29(25)12-10-22(31)28-15-13-27(14-16-28)19-6-4-5-18(26)17-19/h2-8,17H,9-16H2,1H3. The van der Waals surface area contributed by atoms with Gasteiger partial charge in [-0.1, -0.05) is 29.8 Å². The molecule has 0 aromatic heterocycles. The predicted molar refractivity (Wildman–Crippen MR) is 127 cm³/mol. The second-order valence-electron chi connectivity index (χ2n) is 9.02. The first-order valence-electron chi connectivity index (χ1n) is 11.4. The summed E-state index contributed by atoms with van der Waals surface area (Å²) in [6.07, 6.45) is 1.20. The fourth-order valence-corrected chi connectivity index (χ4v) is 5.48. The van der Waals surface area contributed by atoms with E-state index in [0.29, 0.717) is 48.7 Å². The van der Waals surface area contributed by atoms with Crippen molar-refractivity contribution in [2.24, 2.45) is 0 Å². The maximum absolute atomic E-state index is 13.3. The van der Waals surface area contributed by atoms with Crippen LogP contribution in [0.15, 0.2) is 48.5 Å². The summed E-state index contributed by atoms with van der Waals surface area (Å²) >= 11 is 6.11. The van der Waals surface area contributed by atoms with Gasteiger partial charge in [0.15, 0.2) is 0 Å². The molecule has 3 aliphatic heterocycles. The lowest BCUT2D eigenvalue weighted by Gasteiger charge is -2.48. The second-order valence-corrected chi connectivity index (χ2v) is 9.45. The van der Waals surface area contributed by atoms with Crippen LogP contribution in [0.2, 0.25) is 5.02 Å². The van der Waals surface area contributed by atoms with Crippen molar-refractivity contribution in [1.29, 1.82) is 0 Å². The van der Waals surface area contributed by atoms with Gasteiger partial charge in [0, 0.05) is 56.3 Å². The summed E-state index contributed by atoms with van der Waals surface area (Å²) in [4.78, 5) is 46.6. The number of hydrogen-bond acceptors (Lipinski definition) is 4. The fourth-order valence-electron chi connectivity index (χ4n) is 5.29. The molecule has 2 aromatic rings. The van der Waals surface area contributed by atoms with E-state index >= 15 is 0 Å². The average Bonchev–Trinajstić information content (AvgIpc) is 3.14. The number of amides is 3. The maximum atomic E-state index is 13.3. The third-order valence-corrected chi connectivity index (χ3v) is 7.34. The SMILES string of the molecule is CC12CCC(=O)N1c1ccccc1C(=O)N2CCC(=O)N1CCN(c2cccc(Cl)c2)CC1. The summed E-state index contributed by atoms with van der Waals surface area (Å²) in [6.45, 7) is 4.96. The van der Waals surface area contributed by atoms with Gasteiger partial charge in [-0.15, -0.1) is 0 Å². The van der Waals surface area contributed by atoms with Crippen molar-refractivity contribution in [3.63, 3.8) is 0 Å². The molecule has 2 aromatic carbocycles. The van der Waals surface area contributed by atoms with E-state index in [9.17, 15) is 14.4 Å². The molecule has 1 atom stereocenters. The van der Waals surface area contributed by atoms with E-state index in [2.05, 4.69) is 4.90 Å². The Kier molecular flexibility index (Phi) is 5.52. The number of halogens is 1. The third-order valence-electron chi connectivity index (χ3n) is 7.10. The molecule has 0 N–H and O–H groups in total. The Hall–Kier alpha value is -3.06. The number of para-hydroxylation sites is 1. The van der Waals surface area contributed by atoms with Gasteiger partial charge >= 0.3 is 0 Å². The van der Waals surface area contributed by atoms with Crippen molar-refractivity contribution in [2.45, 2.75) is 31.8 Å². The lowest BCUT2D eigenvalue weighted by atomic mass is 9.98. The summed E-state index contributed by atoms with van der Waals surface area (Å²) in [5.74, 6) is -0.0598. The molecule has 3 heterocycles. The van der Waals surface area contributed by atoms with Gasteiger partial charge in [-0.3, -0.25) is 19.3 Å². The molecule has 0 saturated carbocycles. The molecular weight excluding hydrogens is 440 g/mol. The topological polar surface area (TPSA) is 64.2 Å². The minimum atomic E-state index is -0.728. The molecule has 0 aliphatic carbocycles. The van der Waals surface area contributed by atoms with Gasteiger partial charge in [0.05, 0.1) is 11.3 Å². The number of piperazine rings is 1. The summed E-state index contributed by atoms with van der Waals surface area (Å²) in [7, 11) is 0. The highest BCUT2D eigenvalue weighted by atomic mass is 35.5. The van der Waals surface area contributed by atoms with Crippen LogP contribution >= 0.6 is 11.6 Å². The van der Waals surface area contributed by atoms with Gasteiger partial charge in [0.2, 0.25) is 11.8 Å². The average molecular weight is 467 g/mol. The van der Waals surface area contributed by atoms with E-state index in [1.165, 1.54) is 0 Å². The van der Waals surface area contributed by atoms with Crippen LogP contribution in [0.1, 0.15) is 36.5 Å². The van der Waals surface area contributed by atoms with E-state index in [-0.39, 0.29) is 24.1 Å². The van der Waals surface area contributed by atoms with Crippen molar-refractivity contribution < 1.29 is 14.4 Å². The number of fused-ring (bicyclic) bond motifs is 3. The summed E-state index contributed by atoms with van der Waals surface area (Å²) in [5, 5.41) is 0.701. The van der Waals surface area contributed by atoms with Crippen molar-refractivity contribution in [3.8, 4) is 0 Å². The first-order valence-corrected chi connectivity index (χ1v) is 11.8. The molecule has 3 amide bonds. The molecule has 0 bridgehead atoms. The second kappa shape index (κ2) is 8.37. The Morgan fingerprint density at radius 2 is 1.79 bits per heavy atom. The first-order chi connectivity index (χ1) is 15.9. The number of hydrogen-bond donors (Lipinski definition) is 0. The summed E-state index contributed by atoms with van der Waals surface area (Å²) in [6, 6.07) is 15.0. The molecule has 33 heavy (non-hydrogen) atoms. The molecule has 2 fully saturated rings. The van der Waals surface area contributed by atoms with Crippen molar-refractivity contribution in [1.82, 2.24) is 9.80 Å². The number of anilines is 2. The highest BCUT2D eigenvalue weighted by Gasteiger charge is 2.52. The van der Waals surface area contributed by atoms with Crippen LogP contribution in [-0.4, -0.2) is 65.9 Å². The minimum Gasteiger partial charge on any atom is -0.368 e. The molecule has 5 rings (SSSR count). The lowest BCUT2D eigenvalue weighted by Crippen LogP contribution is -2.62. The highest BCUT2D eigenvalue weighted by molar-refractivity contribution is 6.30. The number of benzene rings is 2. The van der Waals surface area contributed by atoms with Crippen LogP contribution in [0.4, 0.5) is 11.4 Å². The van der Waals surface area contributed by atoms with Gasteiger partial charge in [0.25, 0.3) is 5.91 Å². The zero-order chi connectivity index (χ0) is 23.2. The van der Waals surface area contributed by atoms with Gasteiger partial charge in [0.1, 0.15) is 5.66 Å². The van der Waals surface area contributed by atoms with Crippen LogP contribution in [-0.2, 0) is 9.59 Å². The zero-order valence-electron chi connectivity index (χ0n) is 18.7. The van der Waals surface area contributed by atoms with Gasteiger partial charge < -0.3 is 14.7 Å². The molecule has 1 unspecified atom stereocenters. The van der Waals surface area contributed by atoms with Crippen LogP contribution in [0, 0.1) is 0 Å². The predicted octanol–water partition coefficient (Wildman–Crippen LogP) is 3.38. The van der Waals surface area contributed by atoms with E-state index in [1.807, 2.05) is 54.3 Å². The first kappa shape index (κ1) is 21.8. The molecule has 7 nitrogen and oxygen atoms in total. The quantitative estimate of drug-likeness (QED) is 0.693. The monoisotopic (exact) mass is 466 g/mol. The van der Waals surface area contributed by atoms with E-state index in [4.69, 9.17) is 11.6 Å². The van der Waals surface area contributed by atoms with E-state index in [0.717, 1.165) is 18.8 Å². The van der Waals surface area contributed by atoms with Gasteiger partial charge in [-0.05, 0) is 43.7 Å². The number of carbonyl (C=O) groups is 3. The lowest BCUT2D eigenvalue weighted by molar-refractivity contribution is -0.131. The molecule has 0 radical (unpaired) electrons. The molecule has 2 saturated heterocycles. The smallest absolute Gasteiger partial charge is 0.257 e. The maximum Gasteiger partial charge on any atom is 0.257 e. The minimum absolute atomic E-state index is 0.0194. The molecule has 172 valence electrons. The zero-order valence-corrected chi connectivity index (χ0v) is 19.4. The van der Waals surface area contributed by atoms with Crippen molar-refractivity contribution in [2.75, 3.05) is 42.5 Å². The Labute approximate surface area is 198 Å². The van der Waals surface area contributed by atoms with Crippen molar-refractivity contribution >= 4 is 40.7 Å².